The van der Waals surface area contributed by atoms with Crippen LogP contribution in [0.15, 0.2) is 70.6 Å². The Balaban J connectivity index is 1.81. The van der Waals surface area contributed by atoms with E-state index in [1.165, 1.54) is 30.5 Å². The van der Waals surface area contributed by atoms with Gasteiger partial charge in [-0.05, 0) is 55.0 Å². The summed E-state index contributed by atoms with van der Waals surface area (Å²) in [5.74, 6) is 1.41. The Morgan fingerprint density at radius 3 is 2.41 bits per heavy atom. The summed E-state index contributed by atoms with van der Waals surface area (Å²) >= 11 is 1.18. The molecule has 0 fully saturated rings. The molecule has 7 nitrogen and oxygen atoms in total. The van der Waals surface area contributed by atoms with Gasteiger partial charge in [-0.1, -0.05) is 30.0 Å². The Kier molecular flexibility index (Phi) is 6.88. The predicted molar refractivity (Wildman–Crippen MR) is 133 cm³/mol. The number of aromatic nitrogens is 2. The third-order valence-electron chi connectivity index (χ3n) is 5.36. The zero-order valence-electron chi connectivity index (χ0n) is 19.3. The minimum atomic E-state index is -0.233. The van der Waals surface area contributed by atoms with E-state index in [0.717, 1.165) is 5.56 Å². The van der Waals surface area contributed by atoms with Gasteiger partial charge < -0.3 is 14.2 Å². The molecular formula is C26H24N2O5S. The molecule has 8 heteroatoms. The number of aryl methyl sites for hydroxylation is 1. The second kappa shape index (κ2) is 10.0. The number of para-hydroxylation sites is 1. The first-order valence-electron chi connectivity index (χ1n) is 10.5. The molecule has 0 saturated carbocycles. The van der Waals surface area contributed by atoms with Crippen LogP contribution in [0.5, 0.6) is 17.2 Å². The molecule has 0 amide bonds. The first-order valence-corrected chi connectivity index (χ1v) is 11.5. The van der Waals surface area contributed by atoms with E-state index in [1.54, 1.807) is 43.5 Å². The summed E-state index contributed by atoms with van der Waals surface area (Å²) in [7, 11) is 4.61. The molecule has 0 aliphatic rings. The van der Waals surface area contributed by atoms with Crippen molar-refractivity contribution in [2.45, 2.75) is 12.1 Å². The molecule has 0 spiro atoms. The van der Waals surface area contributed by atoms with Crippen LogP contribution < -0.4 is 19.8 Å². The van der Waals surface area contributed by atoms with Crippen molar-refractivity contribution >= 4 is 28.4 Å². The van der Waals surface area contributed by atoms with Gasteiger partial charge in [-0.25, -0.2) is 4.98 Å². The maximum atomic E-state index is 13.6. The van der Waals surface area contributed by atoms with Gasteiger partial charge in [0.25, 0.3) is 5.56 Å². The first kappa shape index (κ1) is 23.4. The molecule has 0 aliphatic carbocycles. The van der Waals surface area contributed by atoms with Gasteiger partial charge in [-0.2, -0.15) is 0 Å². The van der Waals surface area contributed by atoms with Crippen molar-refractivity contribution in [1.82, 2.24) is 9.55 Å². The van der Waals surface area contributed by atoms with E-state index in [1.807, 2.05) is 31.2 Å². The summed E-state index contributed by atoms with van der Waals surface area (Å²) in [4.78, 5) is 31.4. The van der Waals surface area contributed by atoms with Crippen molar-refractivity contribution in [3.8, 4) is 22.9 Å². The number of thioether (sulfide) groups is 1. The van der Waals surface area contributed by atoms with Crippen LogP contribution in [0.2, 0.25) is 0 Å². The Morgan fingerprint density at radius 1 is 0.941 bits per heavy atom. The third kappa shape index (κ3) is 4.49. The largest absolute Gasteiger partial charge is 0.497 e. The molecule has 0 bridgehead atoms. The molecule has 4 aromatic rings. The quantitative estimate of drug-likeness (QED) is 0.207. The van der Waals surface area contributed by atoms with Crippen LogP contribution in [0.25, 0.3) is 16.6 Å². The van der Waals surface area contributed by atoms with E-state index < -0.39 is 0 Å². The minimum absolute atomic E-state index is 0.0441. The van der Waals surface area contributed by atoms with Crippen LogP contribution in [0.4, 0.5) is 0 Å². The maximum absolute atomic E-state index is 13.6. The fraction of sp³-hybridized carbons (Fsp3) is 0.192. The van der Waals surface area contributed by atoms with Crippen molar-refractivity contribution in [3.63, 3.8) is 0 Å². The Labute approximate surface area is 201 Å². The van der Waals surface area contributed by atoms with Crippen molar-refractivity contribution in [2.75, 3.05) is 27.1 Å². The average Bonchev–Trinajstić information content (AvgIpc) is 2.87. The molecule has 4 rings (SSSR count). The standard InChI is InChI=1S/C26H24N2O5S/c1-16-9-11-24(33-4)21(13-16)28-25(30)18-7-5-6-8-20(18)27-26(28)34-15-22(29)19-14-17(31-2)10-12-23(19)32-3/h5-14H,15H2,1-4H3. The number of methoxy groups -OCH3 is 3. The molecule has 34 heavy (non-hydrogen) atoms. The van der Waals surface area contributed by atoms with Crippen LogP contribution in [-0.2, 0) is 0 Å². The van der Waals surface area contributed by atoms with Gasteiger partial charge in [0.15, 0.2) is 10.9 Å². The molecule has 174 valence electrons. The van der Waals surface area contributed by atoms with Crippen molar-refractivity contribution in [1.29, 1.82) is 0 Å². The van der Waals surface area contributed by atoms with E-state index in [2.05, 4.69) is 0 Å². The molecule has 0 unspecified atom stereocenters. The number of hydrogen-bond donors (Lipinski definition) is 0. The lowest BCUT2D eigenvalue weighted by atomic mass is 10.1. The highest BCUT2D eigenvalue weighted by Gasteiger charge is 2.20. The molecule has 0 radical (unpaired) electrons. The highest BCUT2D eigenvalue weighted by molar-refractivity contribution is 7.99. The van der Waals surface area contributed by atoms with Crippen molar-refractivity contribution in [3.05, 3.63) is 82.1 Å². The molecule has 0 N–H and O–H groups in total. The lowest BCUT2D eigenvalue weighted by Crippen LogP contribution is -2.23. The van der Waals surface area contributed by atoms with Gasteiger partial charge in [-0.15, -0.1) is 0 Å². The average molecular weight is 477 g/mol. The Bertz CT molecular complexity index is 1430. The summed E-state index contributed by atoms with van der Waals surface area (Å²) in [6.45, 7) is 1.94. The molecule has 1 heterocycles. The fourth-order valence-electron chi connectivity index (χ4n) is 3.64. The predicted octanol–water partition coefficient (Wildman–Crippen LogP) is 4.69. The lowest BCUT2D eigenvalue weighted by Gasteiger charge is -2.16. The molecule has 0 aliphatic heterocycles. The number of ether oxygens (including phenoxy) is 3. The number of carbonyl (C=O) groups is 1. The second-order valence-electron chi connectivity index (χ2n) is 7.51. The Hall–Kier alpha value is -3.78. The van der Waals surface area contributed by atoms with E-state index in [-0.39, 0.29) is 17.1 Å². The molecule has 3 aromatic carbocycles. The summed E-state index contributed by atoms with van der Waals surface area (Å²) in [6.07, 6.45) is 0. The highest BCUT2D eigenvalue weighted by Crippen LogP contribution is 2.30. The van der Waals surface area contributed by atoms with E-state index in [9.17, 15) is 9.59 Å². The number of carbonyl (C=O) groups excluding carboxylic acids is 1. The van der Waals surface area contributed by atoms with Gasteiger partial charge in [-0.3, -0.25) is 14.2 Å². The number of Topliss-reactive ketones (excluding diaryl/α,β-unsaturated/α-hetero) is 1. The number of nitrogens with zero attached hydrogens (tertiary/aromatic N) is 2. The second-order valence-corrected chi connectivity index (χ2v) is 8.45. The van der Waals surface area contributed by atoms with Crippen LogP contribution >= 0.6 is 11.8 Å². The number of rotatable bonds is 8. The normalized spacial score (nSPS) is 10.8. The number of hydrogen-bond acceptors (Lipinski definition) is 7. The SMILES string of the molecule is COc1ccc(OC)c(C(=O)CSc2nc3ccccc3c(=O)n2-c2cc(C)ccc2OC)c1. The van der Waals surface area contributed by atoms with Crippen LogP contribution in [0.3, 0.4) is 0 Å². The molecule has 0 saturated heterocycles. The smallest absolute Gasteiger partial charge is 0.266 e. The van der Waals surface area contributed by atoms with E-state index in [4.69, 9.17) is 19.2 Å². The molecular weight excluding hydrogens is 452 g/mol. The molecule has 0 atom stereocenters. The van der Waals surface area contributed by atoms with Gasteiger partial charge >= 0.3 is 0 Å². The highest BCUT2D eigenvalue weighted by atomic mass is 32.2. The van der Waals surface area contributed by atoms with Gasteiger partial charge in [0.2, 0.25) is 0 Å². The van der Waals surface area contributed by atoms with Crippen molar-refractivity contribution < 1.29 is 19.0 Å². The summed E-state index contributed by atoms with van der Waals surface area (Å²) < 4.78 is 17.7. The fourth-order valence-corrected chi connectivity index (χ4v) is 4.53. The van der Waals surface area contributed by atoms with Gasteiger partial charge in [0, 0.05) is 0 Å². The van der Waals surface area contributed by atoms with Crippen LogP contribution in [0, 0.1) is 6.92 Å². The third-order valence-corrected chi connectivity index (χ3v) is 6.30. The van der Waals surface area contributed by atoms with Gasteiger partial charge in [0.1, 0.15) is 17.2 Å². The minimum Gasteiger partial charge on any atom is -0.497 e. The van der Waals surface area contributed by atoms with Crippen molar-refractivity contribution in [2.24, 2.45) is 0 Å². The summed E-state index contributed by atoms with van der Waals surface area (Å²) in [6, 6.07) is 17.8. The molecule has 1 aromatic heterocycles. The Morgan fingerprint density at radius 2 is 1.68 bits per heavy atom. The zero-order valence-corrected chi connectivity index (χ0v) is 20.1. The zero-order chi connectivity index (χ0) is 24.2. The summed E-state index contributed by atoms with van der Waals surface area (Å²) in [5.41, 5.74) is 2.26. The van der Waals surface area contributed by atoms with Gasteiger partial charge in [0.05, 0.1) is 49.2 Å². The van der Waals surface area contributed by atoms with Crippen LogP contribution in [-0.4, -0.2) is 42.4 Å². The van der Waals surface area contributed by atoms with Crippen LogP contribution in [0.1, 0.15) is 15.9 Å². The number of ketones is 1. The topological polar surface area (TPSA) is 79.7 Å². The lowest BCUT2D eigenvalue weighted by molar-refractivity contribution is 0.101. The van der Waals surface area contributed by atoms with E-state index >= 15 is 0 Å². The summed E-state index contributed by atoms with van der Waals surface area (Å²) in [5, 5.41) is 0.874. The van der Waals surface area contributed by atoms with E-state index in [0.29, 0.717) is 44.6 Å². The number of fused-ring (bicyclic) bond motifs is 1. The number of benzene rings is 3. The monoisotopic (exact) mass is 476 g/mol. The maximum Gasteiger partial charge on any atom is 0.266 e. The first-order chi connectivity index (χ1) is 16.5.